The van der Waals surface area contributed by atoms with Crippen molar-refractivity contribution >= 4 is 33.6 Å². The summed E-state index contributed by atoms with van der Waals surface area (Å²) >= 11 is 3.38. The molecule has 0 bridgehead atoms. The second kappa shape index (κ2) is 5.51. The van der Waals surface area contributed by atoms with Crippen LogP contribution in [0.4, 0.5) is 11.8 Å². The first kappa shape index (κ1) is 13.1. The quantitative estimate of drug-likeness (QED) is 0.877. The largest absolute Gasteiger partial charge is 0.357 e. The summed E-state index contributed by atoms with van der Waals surface area (Å²) in [4.78, 5) is 22.0. The van der Waals surface area contributed by atoms with Crippen molar-refractivity contribution in [1.82, 2.24) is 14.9 Å². The van der Waals surface area contributed by atoms with Crippen LogP contribution in [0.5, 0.6) is 0 Å². The third-order valence-electron chi connectivity index (χ3n) is 2.82. The fourth-order valence-electron chi connectivity index (χ4n) is 1.83. The molecule has 0 spiro atoms. The van der Waals surface area contributed by atoms with Crippen LogP contribution in [0.1, 0.15) is 13.3 Å². The van der Waals surface area contributed by atoms with Crippen LogP contribution in [-0.2, 0) is 4.79 Å². The average Bonchev–Trinajstić information content (AvgIpc) is 2.66. The number of likely N-dealkylation sites (tertiary alicyclic amines) is 1. The van der Waals surface area contributed by atoms with Crippen LogP contribution in [-0.4, -0.2) is 47.0 Å². The molecule has 1 aliphatic rings. The van der Waals surface area contributed by atoms with E-state index in [1.807, 2.05) is 14.0 Å². The predicted molar refractivity (Wildman–Crippen MR) is 73.6 cm³/mol. The number of halogens is 1. The lowest BCUT2D eigenvalue weighted by molar-refractivity contribution is -0.127. The number of nitrogens with zero attached hydrogens (tertiary/aromatic N) is 3. The Labute approximate surface area is 114 Å². The zero-order valence-corrected chi connectivity index (χ0v) is 12.0. The van der Waals surface area contributed by atoms with Crippen molar-refractivity contribution in [3.8, 4) is 0 Å². The maximum Gasteiger partial charge on any atom is 0.244 e. The summed E-state index contributed by atoms with van der Waals surface area (Å²) in [6, 6.07) is -0.198. The van der Waals surface area contributed by atoms with Gasteiger partial charge in [-0.1, -0.05) is 0 Å². The van der Waals surface area contributed by atoms with Crippen molar-refractivity contribution < 1.29 is 4.79 Å². The molecule has 1 aromatic rings. The van der Waals surface area contributed by atoms with Crippen LogP contribution >= 0.6 is 15.9 Å². The topological polar surface area (TPSA) is 70.2 Å². The Hall–Kier alpha value is -1.37. The Balaban J connectivity index is 2.13. The van der Waals surface area contributed by atoms with E-state index >= 15 is 0 Å². The molecule has 7 heteroatoms. The average molecular weight is 314 g/mol. The highest BCUT2D eigenvalue weighted by Crippen LogP contribution is 2.23. The van der Waals surface area contributed by atoms with Gasteiger partial charge in [-0.25, -0.2) is 4.98 Å². The number of rotatable bonds is 4. The van der Waals surface area contributed by atoms with Crippen molar-refractivity contribution in [3.63, 3.8) is 0 Å². The molecular weight excluding hydrogens is 298 g/mol. The van der Waals surface area contributed by atoms with Crippen LogP contribution in [0, 0.1) is 0 Å². The number of hydrogen-bond donors (Lipinski definition) is 2. The lowest BCUT2D eigenvalue weighted by Gasteiger charge is -2.14. The molecule has 0 radical (unpaired) electrons. The molecule has 1 saturated heterocycles. The van der Waals surface area contributed by atoms with Gasteiger partial charge in [0.1, 0.15) is 11.9 Å². The monoisotopic (exact) mass is 313 g/mol. The molecule has 6 nitrogen and oxygen atoms in total. The van der Waals surface area contributed by atoms with Gasteiger partial charge in [-0.3, -0.25) is 4.79 Å². The summed E-state index contributed by atoms with van der Waals surface area (Å²) in [5.41, 5.74) is 0. The molecule has 1 unspecified atom stereocenters. The summed E-state index contributed by atoms with van der Waals surface area (Å²) in [5, 5.41) is 6.20. The molecule has 1 amide bonds. The van der Waals surface area contributed by atoms with Crippen molar-refractivity contribution in [2.45, 2.75) is 19.4 Å². The minimum atomic E-state index is -0.198. The molecule has 2 heterocycles. The van der Waals surface area contributed by atoms with E-state index < -0.39 is 0 Å². The molecule has 1 aromatic heterocycles. The van der Waals surface area contributed by atoms with Gasteiger partial charge in [0.2, 0.25) is 11.9 Å². The van der Waals surface area contributed by atoms with Crippen LogP contribution in [0.15, 0.2) is 10.7 Å². The Morgan fingerprint density at radius 3 is 3.00 bits per heavy atom. The fourth-order valence-corrected chi connectivity index (χ4v) is 2.14. The van der Waals surface area contributed by atoms with Gasteiger partial charge in [0.05, 0.1) is 4.47 Å². The molecular formula is C11H16BrN5O. The summed E-state index contributed by atoms with van der Waals surface area (Å²) in [6.45, 7) is 3.51. The smallest absolute Gasteiger partial charge is 0.244 e. The summed E-state index contributed by atoms with van der Waals surface area (Å²) in [7, 11) is 1.81. The van der Waals surface area contributed by atoms with E-state index in [9.17, 15) is 4.79 Å². The van der Waals surface area contributed by atoms with Crippen molar-refractivity contribution in [2.24, 2.45) is 0 Å². The van der Waals surface area contributed by atoms with E-state index in [1.165, 1.54) is 0 Å². The van der Waals surface area contributed by atoms with Crippen LogP contribution in [0.2, 0.25) is 0 Å². The molecule has 2 N–H and O–H groups in total. The maximum atomic E-state index is 11.8. The first-order valence-corrected chi connectivity index (χ1v) is 6.69. The molecule has 0 aromatic carbocycles. The number of hydrogen-bond acceptors (Lipinski definition) is 5. The van der Waals surface area contributed by atoms with E-state index in [4.69, 9.17) is 0 Å². The van der Waals surface area contributed by atoms with Crippen molar-refractivity contribution in [2.75, 3.05) is 30.8 Å². The molecule has 2 rings (SSSR count). The minimum absolute atomic E-state index is 0.102. The Kier molecular flexibility index (Phi) is 4.00. The second-order valence-electron chi connectivity index (χ2n) is 4.17. The van der Waals surface area contributed by atoms with Gasteiger partial charge in [-0.05, 0) is 29.3 Å². The van der Waals surface area contributed by atoms with E-state index in [0.29, 0.717) is 11.8 Å². The third-order valence-corrected chi connectivity index (χ3v) is 3.40. The zero-order chi connectivity index (χ0) is 13.1. The third kappa shape index (κ3) is 2.72. The molecule has 0 aliphatic carbocycles. The van der Waals surface area contributed by atoms with E-state index in [-0.39, 0.29) is 11.9 Å². The lowest BCUT2D eigenvalue weighted by Crippen LogP contribution is -2.31. The number of carbonyl (C=O) groups excluding carboxylic acids is 1. The highest BCUT2D eigenvalue weighted by molar-refractivity contribution is 9.10. The van der Waals surface area contributed by atoms with Crippen LogP contribution < -0.4 is 10.6 Å². The van der Waals surface area contributed by atoms with Crippen molar-refractivity contribution in [1.29, 1.82) is 0 Å². The van der Waals surface area contributed by atoms with E-state index in [1.54, 1.807) is 11.1 Å². The number of anilines is 2. The van der Waals surface area contributed by atoms with Gasteiger partial charge in [0.25, 0.3) is 0 Å². The zero-order valence-electron chi connectivity index (χ0n) is 10.4. The van der Waals surface area contributed by atoms with Crippen LogP contribution in [0.3, 0.4) is 0 Å². The normalized spacial score (nSPS) is 19.2. The number of likely N-dealkylation sites (N-methyl/N-ethyl adjacent to an activating group) is 1. The molecule has 0 saturated carbocycles. The van der Waals surface area contributed by atoms with Gasteiger partial charge in [-0.2, -0.15) is 4.98 Å². The lowest BCUT2D eigenvalue weighted by atomic mass is 10.2. The fraction of sp³-hybridized carbons (Fsp3) is 0.545. The summed E-state index contributed by atoms with van der Waals surface area (Å²) in [5.74, 6) is 1.31. The van der Waals surface area contributed by atoms with Gasteiger partial charge in [0.15, 0.2) is 0 Å². The van der Waals surface area contributed by atoms with Crippen LogP contribution in [0.25, 0.3) is 0 Å². The molecule has 1 aliphatic heterocycles. The van der Waals surface area contributed by atoms with E-state index in [0.717, 1.165) is 24.0 Å². The van der Waals surface area contributed by atoms with Crippen molar-refractivity contribution in [3.05, 3.63) is 10.7 Å². The number of carbonyl (C=O) groups is 1. The Bertz CT molecular complexity index is 453. The Morgan fingerprint density at radius 2 is 2.39 bits per heavy atom. The van der Waals surface area contributed by atoms with Gasteiger partial charge in [0, 0.05) is 26.3 Å². The SMILES string of the molecule is CCNc1ncc(Br)c(NC2CCN(C)C2=O)n1. The maximum absolute atomic E-state index is 11.8. The van der Waals surface area contributed by atoms with Gasteiger partial charge in [-0.15, -0.1) is 0 Å². The summed E-state index contributed by atoms with van der Waals surface area (Å²) in [6.07, 6.45) is 2.47. The Morgan fingerprint density at radius 1 is 1.61 bits per heavy atom. The highest BCUT2D eigenvalue weighted by Gasteiger charge is 2.29. The number of amides is 1. The molecule has 1 atom stereocenters. The molecule has 18 heavy (non-hydrogen) atoms. The van der Waals surface area contributed by atoms with Gasteiger partial charge >= 0.3 is 0 Å². The van der Waals surface area contributed by atoms with Gasteiger partial charge < -0.3 is 15.5 Å². The highest BCUT2D eigenvalue weighted by atomic mass is 79.9. The molecule has 1 fully saturated rings. The number of nitrogens with one attached hydrogen (secondary N) is 2. The minimum Gasteiger partial charge on any atom is -0.357 e. The second-order valence-corrected chi connectivity index (χ2v) is 5.02. The standard InChI is InChI=1S/C11H16BrN5O/c1-3-13-11-14-6-7(12)9(16-11)15-8-4-5-17(2)10(8)18/h6,8H,3-5H2,1-2H3,(H2,13,14,15,16). The number of aromatic nitrogens is 2. The first-order chi connectivity index (χ1) is 8.61. The predicted octanol–water partition coefficient (Wildman–Crippen LogP) is 1.31. The molecule has 98 valence electrons. The summed E-state index contributed by atoms with van der Waals surface area (Å²) < 4.78 is 0.756. The van der Waals surface area contributed by atoms with E-state index in [2.05, 4.69) is 36.5 Å². The first-order valence-electron chi connectivity index (χ1n) is 5.89.